The first-order valence-electron chi connectivity index (χ1n) is 4.61. The molecular formula is C10H12N4O2. The van der Waals surface area contributed by atoms with Crippen LogP contribution in [0.1, 0.15) is 0 Å². The average molecular weight is 220 g/mol. The van der Waals surface area contributed by atoms with Gasteiger partial charge in [0.15, 0.2) is 11.5 Å². The fraction of sp³-hybridized carbons (Fsp3) is 0.200. The van der Waals surface area contributed by atoms with Gasteiger partial charge in [-0.15, -0.1) is 0 Å². The summed E-state index contributed by atoms with van der Waals surface area (Å²) in [7, 11) is 3.09. The number of nitrogens with zero attached hydrogens (tertiary/aromatic N) is 2. The molecule has 0 amide bonds. The van der Waals surface area contributed by atoms with E-state index in [1.807, 2.05) is 0 Å². The van der Waals surface area contributed by atoms with Crippen LogP contribution in [0.3, 0.4) is 0 Å². The number of fused-ring (bicyclic) bond motifs is 1. The largest absolute Gasteiger partial charge is 0.493 e. The number of rotatable bonds is 2. The van der Waals surface area contributed by atoms with Gasteiger partial charge < -0.3 is 20.9 Å². The Bertz CT molecular complexity index is 542. The summed E-state index contributed by atoms with van der Waals surface area (Å²) in [5.41, 5.74) is 11.9. The van der Waals surface area contributed by atoms with Gasteiger partial charge in [0.05, 0.1) is 25.1 Å². The number of anilines is 2. The molecule has 0 aliphatic carbocycles. The van der Waals surface area contributed by atoms with E-state index in [1.165, 1.54) is 7.11 Å². The highest BCUT2D eigenvalue weighted by molar-refractivity contribution is 5.96. The Morgan fingerprint density at radius 3 is 2.44 bits per heavy atom. The van der Waals surface area contributed by atoms with Gasteiger partial charge in [0, 0.05) is 0 Å². The highest BCUT2D eigenvalue weighted by atomic mass is 16.5. The zero-order valence-electron chi connectivity index (χ0n) is 9.02. The van der Waals surface area contributed by atoms with Gasteiger partial charge in [-0.25, -0.2) is 4.98 Å². The zero-order valence-corrected chi connectivity index (χ0v) is 9.02. The van der Waals surface area contributed by atoms with Crippen molar-refractivity contribution in [2.45, 2.75) is 0 Å². The molecule has 0 saturated carbocycles. The Morgan fingerprint density at radius 1 is 1.06 bits per heavy atom. The monoisotopic (exact) mass is 220 g/mol. The van der Waals surface area contributed by atoms with Crippen molar-refractivity contribution in [3.63, 3.8) is 0 Å². The Morgan fingerprint density at radius 2 is 1.81 bits per heavy atom. The SMILES string of the molecule is COc1ccc2nc(N)nc(N)c2c1OC. The maximum Gasteiger partial charge on any atom is 0.222 e. The zero-order chi connectivity index (χ0) is 11.7. The van der Waals surface area contributed by atoms with Crippen molar-refractivity contribution in [2.24, 2.45) is 0 Å². The summed E-state index contributed by atoms with van der Waals surface area (Å²) < 4.78 is 10.4. The van der Waals surface area contributed by atoms with E-state index in [0.29, 0.717) is 22.4 Å². The summed E-state index contributed by atoms with van der Waals surface area (Å²) in [6.45, 7) is 0. The lowest BCUT2D eigenvalue weighted by Gasteiger charge is -2.11. The van der Waals surface area contributed by atoms with Crippen LogP contribution in [0, 0.1) is 0 Å². The molecule has 1 heterocycles. The minimum absolute atomic E-state index is 0.136. The van der Waals surface area contributed by atoms with E-state index in [4.69, 9.17) is 20.9 Å². The third-order valence-corrected chi connectivity index (χ3v) is 2.25. The normalized spacial score (nSPS) is 10.4. The van der Waals surface area contributed by atoms with Gasteiger partial charge in [0.25, 0.3) is 0 Å². The standard InChI is InChI=1S/C10H12N4O2/c1-15-6-4-3-5-7(8(6)16-2)9(11)14-10(12)13-5/h3-4H,1-2H3,(H4,11,12,13,14). The molecule has 0 bridgehead atoms. The number of hydrogen-bond acceptors (Lipinski definition) is 6. The molecule has 0 unspecified atom stereocenters. The van der Waals surface area contributed by atoms with Crippen molar-refractivity contribution in [2.75, 3.05) is 25.7 Å². The van der Waals surface area contributed by atoms with E-state index < -0.39 is 0 Å². The molecule has 2 aromatic rings. The van der Waals surface area contributed by atoms with Crippen molar-refractivity contribution < 1.29 is 9.47 Å². The van der Waals surface area contributed by atoms with Crippen LogP contribution in [0.25, 0.3) is 10.9 Å². The molecule has 0 aliphatic heterocycles. The first-order chi connectivity index (χ1) is 7.67. The second kappa shape index (κ2) is 3.73. The molecule has 1 aromatic carbocycles. The second-order valence-corrected chi connectivity index (χ2v) is 3.16. The van der Waals surface area contributed by atoms with Crippen molar-refractivity contribution in [1.29, 1.82) is 0 Å². The first-order valence-corrected chi connectivity index (χ1v) is 4.61. The minimum Gasteiger partial charge on any atom is -0.493 e. The first kappa shape index (κ1) is 10.3. The molecule has 0 aliphatic rings. The second-order valence-electron chi connectivity index (χ2n) is 3.16. The third-order valence-electron chi connectivity index (χ3n) is 2.25. The maximum atomic E-state index is 5.79. The van der Waals surface area contributed by atoms with Gasteiger partial charge in [-0.05, 0) is 12.1 Å². The number of ether oxygens (including phenoxy) is 2. The van der Waals surface area contributed by atoms with E-state index in [0.717, 1.165) is 0 Å². The van der Waals surface area contributed by atoms with Gasteiger partial charge in [-0.2, -0.15) is 4.98 Å². The van der Waals surface area contributed by atoms with Gasteiger partial charge in [-0.1, -0.05) is 0 Å². The topological polar surface area (TPSA) is 96.3 Å². The molecule has 16 heavy (non-hydrogen) atoms. The predicted molar refractivity (Wildman–Crippen MR) is 61.5 cm³/mol. The van der Waals surface area contributed by atoms with Crippen LogP contribution in [0.2, 0.25) is 0 Å². The maximum absolute atomic E-state index is 5.79. The number of nitrogens with two attached hydrogens (primary N) is 2. The average Bonchev–Trinajstić information content (AvgIpc) is 2.27. The summed E-state index contributed by atoms with van der Waals surface area (Å²) in [6, 6.07) is 3.50. The smallest absolute Gasteiger partial charge is 0.222 e. The molecule has 6 heteroatoms. The molecule has 0 fully saturated rings. The highest BCUT2D eigenvalue weighted by Gasteiger charge is 2.13. The summed E-state index contributed by atoms with van der Waals surface area (Å²) in [5, 5.41) is 0.607. The summed E-state index contributed by atoms with van der Waals surface area (Å²) in [6.07, 6.45) is 0. The molecule has 0 spiro atoms. The number of aromatic nitrogens is 2. The fourth-order valence-electron chi connectivity index (χ4n) is 1.58. The van der Waals surface area contributed by atoms with Crippen molar-refractivity contribution in [3.8, 4) is 11.5 Å². The summed E-state index contributed by atoms with van der Waals surface area (Å²) in [5.74, 6) is 1.50. The van der Waals surface area contributed by atoms with Crippen LogP contribution in [0.5, 0.6) is 11.5 Å². The van der Waals surface area contributed by atoms with Crippen LogP contribution >= 0.6 is 0 Å². The van der Waals surface area contributed by atoms with Gasteiger partial charge in [0.1, 0.15) is 5.82 Å². The molecule has 0 radical (unpaired) electrons. The van der Waals surface area contributed by atoms with E-state index >= 15 is 0 Å². The van der Waals surface area contributed by atoms with Crippen molar-refractivity contribution in [1.82, 2.24) is 9.97 Å². The number of hydrogen-bond donors (Lipinski definition) is 2. The highest BCUT2D eigenvalue weighted by Crippen LogP contribution is 2.37. The molecule has 0 atom stereocenters. The Kier molecular flexibility index (Phi) is 2.40. The molecule has 84 valence electrons. The van der Waals surface area contributed by atoms with E-state index in [9.17, 15) is 0 Å². The van der Waals surface area contributed by atoms with E-state index in [2.05, 4.69) is 9.97 Å². The molecule has 0 saturated heterocycles. The Hall–Kier alpha value is -2.24. The lowest BCUT2D eigenvalue weighted by Crippen LogP contribution is -2.02. The predicted octanol–water partition coefficient (Wildman–Crippen LogP) is 0.811. The van der Waals surface area contributed by atoms with Crippen LogP contribution in [0.15, 0.2) is 12.1 Å². The van der Waals surface area contributed by atoms with Crippen molar-refractivity contribution >= 4 is 22.7 Å². The van der Waals surface area contributed by atoms with E-state index in [1.54, 1.807) is 19.2 Å². The van der Waals surface area contributed by atoms with E-state index in [-0.39, 0.29) is 11.8 Å². The third kappa shape index (κ3) is 1.44. The number of benzene rings is 1. The van der Waals surface area contributed by atoms with Crippen molar-refractivity contribution in [3.05, 3.63) is 12.1 Å². The fourth-order valence-corrected chi connectivity index (χ4v) is 1.58. The molecule has 4 N–H and O–H groups in total. The lowest BCUT2D eigenvalue weighted by atomic mass is 10.2. The Balaban J connectivity index is 2.86. The number of methoxy groups -OCH3 is 2. The molecule has 2 rings (SSSR count). The van der Waals surface area contributed by atoms with Gasteiger partial charge in [-0.3, -0.25) is 0 Å². The quantitative estimate of drug-likeness (QED) is 0.777. The van der Waals surface area contributed by atoms with Gasteiger partial charge in [0.2, 0.25) is 5.95 Å². The lowest BCUT2D eigenvalue weighted by molar-refractivity contribution is 0.358. The van der Waals surface area contributed by atoms with Crippen LogP contribution in [0.4, 0.5) is 11.8 Å². The number of nitrogen functional groups attached to an aromatic ring is 2. The summed E-state index contributed by atoms with van der Waals surface area (Å²) in [4.78, 5) is 7.97. The molecule has 1 aromatic heterocycles. The Labute approximate surface area is 92.2 Å². The van der Waals surface area contributed by atoms with Gasteiger partial charge >= 0.3 is 0 Å². The minimum atomic E-state index is 0.136. The summed E-state index contributed by atoms with van der Waals surface area (Å²) >= 11 is 0. The van der Waals surface area contributed by atoms with Crippen LogP contribution in [-0.4, -0.2) is 24.2 Å². The molecule has 6 nitrogen and oxygen atoms in total. The molecular weight excluding hydrogens is 208 g/mol. The van der Waals surface area contributed by atoms with Crippen LogP contribution in [-0.2, 0) is 0 Å². The van der Waals surface area contributed by atoms with Crippen LogP contribution < -0.4 is 20.9 Å².